The highest BCUT2D eigenvalue weighted by Gasteiger charge is 2.32. The number of hydrogen-bond acceptors (Lipinski definition) is 11. The van der Waals surface area contributed by atoms with Gasteiger partial charge in [-0.15, -0.1) is 22.7 Å². The van der Waals surface area contributed by atoms with Crippen LogP contribution in [0.2, 0.25) is 10.0 Å². The summed E-state index contributed by atoms with van der Waals surface area (Å²) in [6, 6.07) is 19.9. The van der Waals surface area contributed by atoms with Gasteiger partial charge in [0, 0.05) is 84.4 Å². The summed E-state index contributed by atoms with van der Waals surface area (Å²) in [4.78, 5) is 18.6. The Hall–Kier alpha value is -3.45. The minimum Gasteiger partial charge on any atom is -0.345 e. The van der Waals surface area contributed by atoms with E-state index in [9.17, 15) is 16.8 Å². The fourth-order valence-electron chi connectivity index (χ4n) is 7.11. The molecule has 0 amide bonds. The number of rotatable bonds is 8. The molecule has 2 saturated heterocycles. The summed E-state index contributed by atoms with van der Waals surface area (Å²) in [7, 11) is -7.15. The molecule has 0 unspecified atom stereocenters. The minimum absolute atomic E-state index is 0.108. The van der Waals surface area contributed by atoms with Gasteiger partial charge in [0.25, 0.3) is 0 Å². The molecule has 0 aliphatic carbocycles. The molecular formula is C41H42BrCl2N7O4S4. The van der Waals surface area contributed by atoms with E-state index in [1.54, 1.807) is 70.4 Å². The van der Waals surface area contributed by atoms with E-state index in [2.05, 4.69) is 74.0 Å². The Morgan fingerprint density at radius 3 is 1.71 bits per heavy atom. The van der Waals surface area contributed by atoms with E-state index in [-0.39, 0.29) is 9.92 Å². The van der Waals surface area contributed by atoms with E-state index in [4.69, 9.17) is 28.2 Å². The second-order valence-corrected chi connectivity index (χ2v) is 21.5. The van der Waals surface area contributed by atoms with Gasteiger partial charge in [0.15, 0.2) is 10.3 Å². The Labute approximate surface area is 372 Å². The SMILES string of the molecule is Cc1cc(C)c(-c2csc(N3CCN(S(=O)(=O)c4cc(C)c(Cl)cc4Cl)CC3)n2)c(C)c1.O=S(=O)(c1ccc(Br)cc1)N1CCN(c2nc(-c3ccccn3)cs2)CC1. The van der Waals surface area contributed by atoms with E-state index in [0.717, 1.165) is 31.8 Å². The van der Waals surface area contributed by atoms with E-state index in [1.165, 1.54) is 32.6 Å². The lowest BCUT2D eigenvalue weighted by atomic mass is 9.98. The number of sulfonamides is 2. The molecular weight excluding hydrogens is 934 g/mol. The molecule has 0 saturated carbocycles. The third kappa shape index (κ3) is 9.71. The molecule has 11 nitrogen and oxygen atoms in total. The highest BCUT2D eigenvalue weighted by molar-refractivity contribution is 9.10. The molecule has 59 heavy (non-hydrogen) atoms. The van der Waals surface area contributed by atoms with Crippen molar-refractivity contribution in [2.75, 3.05) is 62.2 Å². The van der Waals surface area contributed by atoms with Gasteiger partial charge < -0.3 is 9.80 Å². The predicted octanol–water partition coefficient (Wildman–Crippen LogP) is 9.34. The fraction of sp³-hybridized carbons (Fsp3) is 0.293. The van der Waals surface area contributed by atoms with Crippen LogP contribution in [0, 0.1) is 27.7 Å². The number of halogens is 3. The Bertz CT molecular complexity index is 2640. The summed E-state index contributed by atoms with van der Waals surface area (Å²) >= 11 is 18.8. The molecule has 2 aliphatic rings. The van der Waals surface area contributed by atoms with Gasteiger partial charge in [-0.05, 0) is 92.9 Å². The first-order valence-electron chi connectivity index (χ1n) is 18.7. The van der Waals surface area contributed by atoms with Crippen molar-refractivity contribution in [3.05, 3.63) is 120 Å². The van der Waals surface area contributed by atoms with E-state index < -0.39 is 20.0 Å². The third-order valence-corrected chi connectivity index (χ3v) is 17.2. The van der Waals surface area contributed by atoms with Gasteiger partial charge in [0.2, 0.25) is 20.0 Å². The van der Waals surface area contributed by atoms with Crippen LogP contribution in [-0.4, -0.2) is 92.8 Å². The van der Waals surface area contributed by atoms with Gasteiger partial charge in [0.05, 0.1) is 21.3 Å². The van der Waals surface area contributed by atoms with Crippen LogP contribution >= 0.6 is 61.8 Å². The van der Waals surface area contributed by atoms with Crippen molar-refractivity contribution in [1.82, 2.24) is 23.6 Å². The number of thiazole rings is 2. The van der Waals surface area contributed by atoms with Gasteiger partial charge in [-0.25, -0.2) is 26.8 Å². The van der Waals surface area contributed by atoms with Crippen molar-refractivity contribution >= 4 is 92.1 Å². The Morgan fingerprint density at radius 2 is 1.15 bits per heavy atom. The molecule has 0 atom stereocenters. The van der Waals surface area contributed by atoms with Crippen LogP contribution in [-0.2, 0) is 20.0 Å². The molecule has 0 bridgehead atoms. The van der Waals surface area contributed by atoms with E-state index in [0.29, 0.717) is 67.8 Å². The molecule has 8 rings (SSSR count). The number of piperazine rings is 2. The minimum atomic E-state index is -3.69. The maximum absolute atomic E-state index is 13.2. The number of benzene rings is 3. The van der Waals surface area contributed by atoms with Crippen LogP contribution in [0.25, 0.3) is 22.6 Å². The van der Waals surface area contributed by atoms with Crippen LogP contribution in [0.15, 0.2) is 98.0 Å². The van der Waals surface area contributed by atoms with Crippen LogP contribution < -0.4 is 9.80 Å². The summed E-state index contributed by atoms with van der Waals surface area (Å²) in [6.07, 6.45) is 1.75. The molecule has 0 N–H and O–H groups in total. The molecule has 2 aliphatic heterocycles. The summed E-state index contributed by atoms with van der Waals surface area (Å²) in [5, 5.41) is 6.49. The Kier molecular flexibility index (Phi) is 13.5. The molecule has 6 aromatic rings. The number of aromatic nitrogens is 3. The number of hydrogen-bond donors (Lipinski definition) is 0. The quantitative estimate of drug-likeness (QED) is 0.147. The average molecular weight is 976 g/mol. The van der Waals surface area contributed by atoms with E-state index >= 15 is 0 Å². The molecule has 5 heterocycles. The van der Waals surface area contributed by atoms with Crippen molar-refractivity contribution in [3.8, 4) is 22.6 Å². The second kappa shape index (κ2) is 18.3. The summed E-state index contributed by atoms with van der Waals surface area (Å²) < 4.78 is 55.8. The van der Waals surface area contributed by atoms with Crippen molar-refractivity contribution in [2.45, 2.75) is 37.5 Å². The first-order valence-corrected chi connectivity index (χ1v) is 24.9. The zero-order valence-electron chi connectivity index (χ0n) is 32.8. The molecule has 3 aromatic carbocycles. The van der Waals surface area contributed by atoms with Gasteiger partial charge in [-0.2, -0.15) is 8.61 Å². The highest BCUT2D eigenvalue weighted by atomic mass is 79.9. The predicted molar refractivity (Wildman–Crippen MR) is 244 cm³/mol. The zero-order valence-corrected chi connectivity index (χ0v) is 39.1. The largest absolute Gasteiger partial charge is 0.345 e. The fourth-order valence-corrected chi connectivity index (χ4v) is 12.8. The van der Waals surface area contributed by atoms with Crippen LogP contribution in [0.1, 0.15) is 22.3 Å². The van der Waals surface area contributed by atoms with Gasteiger partial charge in [-0.3, -0.25) is 4.98 Å². The van der Waals surface area contributed by atoms with Crippen molar-refractivity contribution in [1.29, 1.82) is 0 Å². The first kappa shape index (κ1) is 43.6. The Morgan fingerprint density at radius 1 is 0.610 bits per heavy atom. The first-order chi connectivity index (χ1) is 28.1. The third-order valence-electron chi connectivity index (χ3n) is 10.1. The van der Waals surface area contributed by atoms with Gasteiger partial charge in [0.1, 0.15) is 10.6 Å². The maximum atomic E-state index is 13.2. The lowest BCUT2D eigenvalue weighted by Crippen LogP contribution is -2.48. The zero-order chi connectivity index (χ0) is 42.1. The molecule has 2 fully saturated rings. The van der Waals surface area contributed by atoms with Crippen molar-refractivity contribution in [3.63, 3.8) is 0 Å². The van der Waals surface area contributed by atoms with Crippen LogP contribution in [0.3, 0.4) is 0 Å². The smallest absolute Gasteiger partial charge is 0.244 e. The molecule has 3 aromatic heterocycles. The monoisotopic (exact) mass is 973 g/mol. The lowest BCUT2D eigenvalue weighted by molar-refractivity contribution is 0.384. The van der Waals surface area contributed by atoms with Crippen molar-refractivity contribution in [2.24, 2.45) is 0 Å². The normalized spacial score (nSPS) is 15.6. The van der Waals surface area contributed by atoms with Crippen LogP contribution in [0.4, 0.5) is 10.3 Å². The highest BCUT2D eigenvalue weighted by Crippen LogP contribution is 2.35. The summed E-state index contributed by atoms with van der Waals surface area (Å²) in [5.74, 6) is 0. The molecule has 0 spiro atoms. The van der Waals surface area contributed by atoms with Gasteiger partial charge >= 0.3 is 0 Å². The van der Waals surface area contributed by atoms with E-state index in [1.807, 2.05) is 23.6 Å². The van der Waals surface area contributed by atoms with Crippen molar-refractivity contribution < 1.29 is 16.8 Å². The number of nitrogens with zero attached hydrogens (tertiary/aromatic N) is 7. The lowest BCUT2D eigenvalue weighted by Gasteiger charge is -2.34. The maximum Gasteiger partial charge on any atom is 0.244 e. The number of aryl methyl sites for hydroxylation is 4. The summed E-state index contributed by atoms with van der Waals surface area (Å²) in [6.45, 7) is 12.1. The standard InChI is InChI=1S/C23H25Cl2N3O2S2.C18H17BrN4O2S2/c1-14-9-16(3)22(17(4)10-14)20-13-31-23(26-20)27-5-7-28(8-6-27)32(29,30)21-11-15(2)18(24)12-19(21)25;19-14-4-6-15(7-5-14)27(24,25)23-11-9-22(10-12-23)18-21-17(13-26-18)16-3-1-2-8-20-16/h9-13H,5-8H2,1-4H3;1-8,13H,9-12H2. The average Bonchev–Trinajstić information content (AvgIpc) is 3.91. The second-order valence-electron chi connectivity index (χ2n) is 14.3. The number of pyridine rings is 1. The summed E-state index contributed by atoms with van der Waals surface area (Å²) in [5.41, 5.74) is 8.19. The molecule has 18 heteroatoms. The van der Waals surface area contributed by atoms with Gasteiger partial charge in [-0.1, -0.05) is 62.9 Å². The van der Waals surface area contributed by atoms with Crippen LogP contribution in [0.5, 0.6) is 0 Å². The molecule has 0 radical (unpaired) electrons. The topological polar surface area (TPSA) is 120 Å². The molecule has 310 valence electrons. The Balaban J connectivity index is 0.000000181. The number of anilines is 2.